The fourth-order valence-electron chi connectivity index (χ4n) is 4.93. The van der Waals surface area contributed by atoms with Crippen LogP contribution in [0.2, 0.25) is 0 Å². The van der Waals surface area contributed by atoms with Gasteiger partial charge in [0.25, 0.3) is 0 Å². The number of fused-ring (bicyclic) bond motifs is 2. The highest BCUT2D eigenvalue weighted by molar-refractivity contribution is 7.89. The average molecular weight is 394 g/mol. The Hall–Kier alpha value is -1.40. The van der Waals surface area contributed by atoms with Crippen molar-refractivity contribution in [2.75, 3.05) is 18.9 Å². The lowest BCUT2D eigenvalue weighted by atomic mass is 9.70. The van der Waals surface area contributed by atoms with E-state index >= 15 is 0 Å². The minimum atomic E-state index is -3.54. The van der Waals surface area contributed by atoms with Crippen molar-refractivity contribution in [1.29, 1.82) is 0 Å². The monoisotopic (exact) mass is 393 g/mol. The van der Waals surface area contributed by atoms with Crippen LogP contribution in [0.4, 0.5) is 0 Å². The van der Waals surface area contributed by atoms with Crippen LogP contribution in [0.1, 0.15) is 58.4 Å². The molecular weight excluding hydrogens is 362 g/mol. The van der Waals surface area contributed by atoms with Gasteiger partial charge in [-0.25, -0.2) is 13.1 Å². The predicted molar refractivity (Wildman–Crippen MR) is 106 cm³/mol. The average Bonchev–Trinajstić information content (AvgIpc) is 2.93. The first-order valence-electron chi connectivity index (χ1n) is 9.81. The second-order valence-electron chi connectivity index (χ2n) is 8.86. The van der Waals surface area contributed by atoms with Crippen LogP contribution < -0.4 is 9.46 Å². The molecule has 2 bridgehead atoms. The molecule has 2 aliphatic rings. The maximum Gasteiger partial charge on any atom is 0.212 e. The first-order valence-corrected chi connectivity index (χ1v) is 11.5. The molecule has 2 fully saturated rings. The smallest absolute Gasteiger partial charge is 0.212 e. The summed E-state index contributed by atoms with van der Waals surface area (Å²) in [7, 11) is -3.54. The highest BCUT2D eigenvalue weighted by atomic mass is 32.2. The summed E-state index contributed by atoms with van der Waals surface area (Å²) in [6.07, 6.45) is 2.16. The molecule has 0 amide bonds. The number of rotatable bonds is 8. The number of para-hydroxylation sites is 1. The predicted octanol–water partition coefficient (Wildman–Crippen LogP) is 3.50. The lowest BCUT2D eigenvalue weighted by Gasteiger charge is -2.36. The Morgan fingerprint density at radius 1 is 1.26 bits per heavy atom. The highest BCUT2D eigenvalue weighted by Gasteiger charge is 2.65. The standard InChI is InChI=1S/C21H31NO4S/c1-15(2)17-7-5-6-8-18(17)26-12-11-22-27(24,25)14-21-10-9-16(13-19(21)23)20(21,3)4/h5-8,15-16,22H,9-14H2,1-4H3. The van der Waals surface area contributed by atoms with E-state index < -0.39 is 15.4 Å². The van der Waals surface area contributed by atoms with Crippen LogP contribution in [0.5, 0.6) is 5.75 Å². The van der Waals surface area contributed by atoms with Gasteiger partial charge < -0.3 is 4.74 Å². The Morgan fingerprint density at radius 3 is 2.56 bits per heavy atom. The van der Waals surface area contributed by atoms with Gasteiger partial charge in [0.15, 0.2) is 0 Å². The summed E-state index contributed by atoms with van der Waals surface area (Å²) in [6, 6.07) is 7.81. The topological polar surface area (TPSA) is 72.5 Å². The maximum atomic E-state index is 12.7. The van der Waals surface area contributed by atoms with E-state index in [9.17, 15) is 13.2 Å². The molecule has 6 heteroatoms. The third-order valence-corrected chi connectivity index (χ3v) is 8.31. The van der Waals surface area contributed by atoms with E-state index in [0.717, 1.165) is 17.7 Å². The van der Waals surface area contributed by atoms with Gasteiger partial charge in [-0.3, -0.25) is 4.79 Å². The zero-order valence-corrected chi connectivity index (χ0v) is 17.6. The van der Waals surface area contributed by atoms with Crippen molar-refractivity contribution < 1.29 is 17.9 Å². The Bertz CT molecular complexity index is 815. The van der Waals surface area contributed by atoms with Crippen molar-refractivity contribution in [3.05, 3.63) is 29.8 Å². The molecule has 27 heavy (non-hydrogen) atoms. The third kappa shape index (κ3) is 3.66. The van der Waals surface area contributed by atoms with Crippen molar-refractivity contribution in [3.63, 3.8) is 0 Å². The Balaban J connectivity index is 1.58. The molecule has 2 atom stereocenters. The van der Waals surface area contributed by atoms with Crippen LogP contribution >= 0.6 is 0 Å². The molecule has 1 aromatic carbocycles. The molecule has 0 saturated heterocycles. The second-order valence-corrected chi connectivity index (χ2v) is 10.7. The number of benzene rings is 1. The molecule has 2 unspecified atom stereocenters. The van der Waals surface area contributed by atoms with Gasteiger partial charge in [-0.1, -0.05) is 45.9 Å². The largest absolute Gasteiger partial charge is 0.492 e. The fourth-order valence-corrected chi connectivity index (χ4v) is 6.75. The first kappa shape index (κ1) is 20.3. The van der Waals surface area contributed by atoms with Gasteiger partial charge in [-0.05, 0) is 41.7 Å². The molecule has 5 nitrogen and oxygen atoms in total. The number of ether oxygens (including phenoxy) is 1. The maximum absolute atomic E-state index is 12.7. The van der Waals surface area contributed by atoms with Crippen LogP contribution in [0.3, 0.4) is 0 Å². The summed E-state index contributed by atoms with van der Waals surface area (Å²) < 4.78 is 33.8. The molecule has 150 valence electrons. The number of hydrogen-bond donors (Lipinski definition) is 1. The quantitative estimate of drug-likeness (QED) is 0.686. The van der Waals surface area contributed by atoms with Crippen LogP contribution in [0.25, 0.3) is 0 Å². The number of hydrogen-bond acceptors (Lipinski definition) is 4. The molecule has 0 radical (unpaired) electrons. The van der Waals surface area contributed by atoms with Crippen molar-refractivity contribution >= 4 is 15.8 Å². The van der Waals surface area contributed by atoms with E-state index in [4.69, 9.17) is 4.74 Å². The van der Waals surface area contributed by atoms with Gasteiger partial charge in [0, 0.05) is 18.4 Å². The SMILES string of the molecule is CC(C)c1ccccc1OCCNS(=O)(=O)CC12CCC(CC1=O)C2(C)C. The summed E-state index contributed by atoms with van der Waals surface area (Å²) in [5.41, 5.74) is 0.134. The van der Waals surface area contributed by atoms with Gasteiger partial charge in [0.2, 0.25) is 10.0 Å². The number of carbonyl (C=O) groups excluding carboxylic acids is 1. The van der Waals surface area contributed by atoms with Crippen LogP contribution in [0.15, 0.2) is 24.3 Å². The first-order chi connectivity index (χ1) is 12.6. The summed E-state index contributed by atoms with van der Waals surface area (Å²) >= 11 is 0. The Labute approximate surface area is 162 Å². The zero-order chi connectivity index (χ0) is 19.9. The molecule has 0 aliphatic heterocycles. The molecule has 0 spiro atoms. The van der Waals surface area contributed by atoms with Gasteiger partial charge in [-0.2, -0.15) is 0 Å². The minimum Gasteiger partial charge on any atom is -0.492 e. The zero-order valence-electron chi connectivity index (χ0n) is 16.7. The summed E-state index contributed by atoms with van der Waals surface area (Å²) in [5, 5.41) is 0. The second kappa shape index (κ2) is 7.21. The van der Waals surface area contributed by atoms with Gasteiger partial charge in [-0.15, -0.1) is 0 Å². The summed E-state index contributed by atoms with van der Waals surface area (Å²) in [5.74, 6) is 1.46. The van der Waals surface area contributed by atoms with Crippen LogP contribution in [-0.4, -0.2) is 33.1 Å². The van der Waals surface area contributed by atoms with E-state index in [1.54, 1.807) is 0 Å². The molecule has 0 aromatic heterocycles. The number of ketones is 1. The van der Waals surface area contributed by atoms with E-state index in [-0.39, 0.29) is 30.1 Å². The van der Waals surface area contributed by atoms with Crippen LogP contribution in [-0.2, 0) is 14.8 Å². The third-order valence-electron chi connectivity index (χ3n) is 6.80. The summed E-state index contributed by atoms with van der Waals surface area (Å²) in [6.45, 7) is 8.76. The molecule has 2 saturated carbocycles. The fraction of sp³-hybridized carbons (Fsp3) is 0.667. The van der Waals surface area contributed by atoms with Gasteiger partial charge in [0.05, 0.1) is 5.75 Å². The van der Waals surface area contributed by atoms with Crippen molar-refractivity contribution in [2.45, 2.75) is 52.9 Å². The highest BCUT2D eigenvalue weighted by Crippen LogP contribution is 2.64. The van der Waals surface area contributed by atoms with E-state index in [0.29, 0.717) is 24.7 Å². The molecule has 1 N–H and O–H groups in total. The molecule has 2 aliphatic carbocycles. The number of nitrogens with one attached hydrogen (secondary N) is 1. The summed E-state index contributed by atoms with van der Waals surface area (Å²) in [4.78, 5) is 12.6. The molecule has 3 rings (SSSR count). The van der Waals surface area contributed by atoms with Crippen molar-refractivity contribution in [2.24, 2.45) is 16.7 Å². The number of sulfonamides is 1. The Morgan fingerprint density at radius 2 is 1.96 bits per heavy atom. The lowest BCUT2D eigenvalue weighted by Crippen LogP contribution is -2.45. The van der Waals surface area contributed by atoms with Crippen molar-refractivity contribution in [1.82, 2.24) is 4.72 Å². The van der Waals surface area contributed by atoms with Gasteiger partial charge in [0.1, 0.15) is 18.1 Å². The minimum absolute atomic E-state index is 0.106. The van der Waals surface area contributed by atoms with Gasteiger partial charge >= 0.3 is 0 Å². The lowest BCUT2D eigenvalue weighted by molar-refractivity contribution is -0.128. The number of carbonyl (C=O) groups is 1. The molecule has 0 heterocycles. The normalized spacial score (nSPS) is 26.7. The molecule has 1 aromatic rings. The van der Waals surface area contributed by atoms with E-state index in [1.165, 1.54) is 0 Å². The van der Waals surface area contributed by atoms with E-state index in [1.807, 2.05) is 24.3 Å². The van der Waals surface area contributed by atoms with E-state index in [2.05, 4.69) is 32.4 Å². The number of Topliss-reactive ketones (excluding diaryl/α,β-unsaturated/α-hetero) is 1. The van der Waals surface area contributed by atoms with Crippen LogP contribution in [0, 0.1) is 16.7 Å². The Kier molecular flexibility index (Phi) is 5.43. The van der Waals surface area contributed by atoms with Crippen molar-refractivity contribution in [3.8, 4) is 5.75 Å². The molecular formula is C21H31NO4S.